The number of carboxylic acids is 1. The maximum absolute atomic E-state index is 13.3. The molecule has 0 unspecified atom stereocenters. The van der Waals surface area contributed by atoms with Gasteiger partial charge in [-0.1, -0.05) is 17.7 Å². The molecule has 0 aliphatic heterocycles. The van der Waals surface area contributed by atoms with Crippen molar-refractivity contribution in [2.24, 2.45) is 0 Å². The van der Waals surface area contributed by atoms with Crippen LogP contribution < -0.4 is 5.56 Å². The van der Waals surface area contributed by atoms with Crippen molar-refractivity contribution >= 4 is 28.6 Å². The molecule has 0 aliphatic rings. The third-order valence-electron chi connectivity index (χ3n) is 4.24. The molecule has 1 aromatic carbocycles. The van der Waals surface area contributed by atoms with Crippen molar-refractivity contribution < 1.29 is 14.3 Å². The second-order valence-electron chi connectivity index (χ2n) is 6.05. The Bertz CT molecular complexity index is 1280. The zero-order valence-corrected chi connectivity index (χ0v) is 15.1. The van der Waals surface area contributed by atoms with Gasteiger partial charge in [0.05, 0.1) is 24.0 Å². The summed E-state index contributed by atoms with van der Waals surface area (Å²) in [6.45, 7) is 1.80. The zero-order valence-electron chi connectivity index (χ0n) is 14.3. The van der Waals surface area contributed by atoms with Gasteiger partial charge in [-0.25, -0.2) is 18.9 Å². The number of aromatic nitrogens is 6. The quantitative estimate of drug-likeness (QED) is 0.541. The third kappa shape index (κ3) is 3.03. The van der Waals surface area contributed by atoms with Gasteiger partial charge in [-0.2, -0.15) is 10.2 Å². The van der Waals surface area contributed by atoms with Crippen molar-refractivity contribution in [3.8, 4) is 5.95 Å². The van der Waals surface area contributed by atoms with Crippen LogP contribution in [0.3, 0.4) is 0 Å². The van der Waals surface area contributed by atoms with Crippen molar-refractivity contribution in [3.63, 3.8) is 0 Å². The molecule has 4 rings (SSSR count). The number of carbonyl (C=O) groups is 1. The molecule has 3 aromatic heterocycles. The summed E-state index contributed by atoms with van der Waals surface area (Å²) in [7, 11) is 0. The van der Waals surface area contributed by atoms with E-state index in [1.807, 2.05) is 0 Å². The smallest absolute Gasteiger partial charge is 0.338 e. The molecule has 0 fully saturated rings. The number of aromatic amines is 1. The topological polar surface area (TPSA) is 119 Å². The average molecular weight is 403 g/mol. The molecule has 0 saturated heterocycles. The lowest BCUT2D eigenvalue weighted by atomic mass is 10.1. The Labute approximate surface area is 161 Å². The standard InChI is InChI=1S/C17H12ClFN6O3/c1-8(11-3-2-10(19)4-12(11)18)24-7-13-14(23-24)15(26)22-17(21-13)25-6-9(5-20-25)16(27)28/h2-8H,1H3,(H,27,28)(H,21,22,26)/t8-/m0/s1. The van der Waals surface area contributed by atoms with Crippen LogP contribution in [0.25, 0.3) is 17.0 Å². The summed E-state index contributed by atoms with van der Waals surface area (Å²) >= 11 is 6.11. The van der Waals surface area contributed by atoms with Gasteiger partial charge in [-0.3, -0.25) is 14.5 Å². The van der Waals surface area contributed by atoms with E-state index < -0.39 is 17.3 Å². The van der Waals surface area contributed by atoms with Crippen LogP contribution >= 0.6 is 11.6 Å². The largest absolute Gasteiger partial charge is 0.478 e. The molecule has 0 aliphatic carbocycles. The maximum Gasteiger partial charge on any atom is 0.338 e. The molecule has 0 spiro atoms. The van der Waals surface area contributed by atoms with Crippen LogP contribution in [0.15, 0.2) is 41.6 Å². The average Bonchev–Trinajstić information content (AvgIpc) is 3.28. The second kappa shape index (κ2) is 6.57. The van der Waals surface area contributed by atoms with E-state index in [2.05, 4.69) is 20.2 Å². The summed E-state index contributed by atoms with van der Waals surface area (Å²) in [4.78, 5) is 30.2. The zero-order chi connectivity index (χ0) is 20.0. The lowest BCUT2D eigenvalue weighted by molar-refractivity contribution is 0.0697. The molecule has 11 heteroatoms. The van der Waals surface area contributed by atoms with Gasteiger partial charge in [0.2, 0.25) is 5.95 Å². The fraction of sp³-hybridized carbons (Fsp3) is 0.118. The molecule has 1 atom stereocenters. The number of fused-ring (bicyclic) bond motifs is 1. The molecule has 0 saturated carbocycles. The molecule has 4 aromatic rings. The van der Waals surface area contributed by atoms with Crippen molar-refractivity contribution in [1.82, 2.24) is 29.5 Å². The molecular formula is C17H12ClFN6O3. The monoisotopic (exact) mass is 402 g/mol. The first kappa shape index (κ1) is 17.9. The Kier molecular flexibility index (Phi) is 4.19. The molecule has 28 heavy (non-hydrogen) atoms. The van der Waals surface area contributed by atoms with E-state index in [4.69, 9.17) is 16.7 Å². The van der Waals surface area contributed by atoms with E-state index in [9.17, 15) is 14.0 Å². The van der Waals surface area contributed by atoms with Crippen LogP contribution in [0.2, 0.25) is 5.02 Å². The Morgan fingerprint density at radius 2 is 2.14 bits per heavy atom. The van der Waals surface area contributed by atoms with Gasteiger partial charge in [0.15, 0.2) is 5.52 Å². The predicted octanol–water partition coefficient (Wildman–Crippen LogP) is 2.41. The van der Waals surface area contributed by atoms with Gasteiger partial charge >= 0.3 is 5.97 Å². The molecule has 2 N–H and O–H groups in total. The number of carboxylic acid groups (broad SMARTS) is 1. The van der Waals surface area contributed by atoms with Crippen molar-refractivity contribution in [3.05, 3.63) is 69.1 Å². The van der Waals surface area contributed by atoms with E-state index in [-0.39, 0.29) is 33.6 Å². The van der Waals surface area contributed by atoms with Gasteiger partial charge in [0.1, 0.15) is 11.3 Å². The molecule has 3 heterocycles. The number of halogens is 2. The number of aromatic carboxylic acids is 1. The van der Waals surface area contributed by atoms with Crippen LogP contribution in [0.4, 0.5) is 4.39 Å². The lowest BCUT2D eigenvalue weighted by Gasteiger charge is -2.13. The summed E-state index contributed by atoms with van der Waals surface area (Å²) in [6, 6.07) is 3.67. The number of rotatable bonds is 4. The van der Waals surface area contributed by atoms with E-state index in [1.165, 1.54) is 23.0 Å². The van der Waals surface area contributed by atoms with Gasteiger partial charge in [0, 0.05) is 11.2 Å². The van der Waals surface area contributed by atoms with Crippen molar-refractivity contribution in [2.45, 2.75) is 13.0 Å². The summed E-state index contributed by atoms with van der Waals surface area (Å²) < 4.78 is 15.9. The fourth-order valence-corrected chi connectivity index (χ4v) is 3.09. The molecule has 0 radical (unpaired) electrons. The lowest BCUT2D eigenvalue weighted by Crippen LogP contribution is -2.14. The van der Waals surface area contributed by atoms with E-state index >= 15 is 0 Å². The second-order valence-corrected chi connectivity index (χ2v) is 6.46. The maximum atomic E-state index is 13.3. The van der Waals surface area contributed by atoms with Crippen molar-refractivity contribution in [1.29, 1.82) is 0 Å². The molecular weight excluding hydrogens is 391 g/mol. The SMILES string of the molecule is C[C@@H](c1ccc(F)cc1Cl)n1cc2nc(-n3cc(C(=O)O)cn3)[nH]c(=O)c2n1. The number of hydrogen-bond donors (Lipinski definition) is 2. The molecule has 0 amide bonds. The van der Waals surface area contributed by atoms with Gasteiger partial charge in [-0.15, -0.1) is 0 Å². The summed E-state index contributed by atoms with van der Waals surface area (Å²) in [6.07, 6.45) is 3.94. The minimum atomic E-state index is -1.15. The summed E-state index contributed by atoms with van der Waals surface area (Å²) in [5.41, 5.74) is 0.461. The van der Waals surface area contributed by atoms with Crippen LogP contribution in [-0.2, 0) is 0 Å². The Hall–Kier alpha value is -3.53. The molecule has 0 bridgehead atoms. The number of benzene rings is 1. The predicted molar refractivity (Wildman–Crippen MR) is 97.5 cm³/mol. The van der Waals surface area contributed by atoms with Gasteiger partial charge in [0.25, 0.3) is 5.56 Å². The third-order valence-corrected chi connectivity index (χ3v) is 4.56. The Morgan fingerprint density at radius 3 is 2.82 bits per heavy atom. The first-order valence-electron chi connectivity index (χ1n) is 8.06. The van der Waals surface area contributed by atoms with E-state index in [0.717, 1.165) is 10.9 Å². The van der Waals surface area contributed by atoms with Crippen LogP contribution in [-0.4, -0.2) is 40.6 Å². The minimum absolute atomic E-state index is 0.0435. The number of nitrogens with one attached hydrogen (secondary N) is 1. The Morgan fingerprint density at radius 1 is 1.36 bits per heavy atom. The number of nitrogens with zero attached hydrogens (tertiary/aromatic N) is 5. The Balaban J connectivity index is 1.77. The summed E-state index contributed by atoms with van der Waals surface area (Å²) in [5.74, 6) is -1.54. The van der Waals surface area contributed by atoms with Crippen molar-refractivity contribution in [2.75, 3.05) is 0 Å². The van der Waals surface area contributed by atoms with Crippen LogP contribution in [0, 0.1) is 5.82 Å². The highest BCUT2D eigenvalue weighted by atomic mass is 35.5. The highest BCUT2D eigenvalue weighted by molar-refractivity contribution is 6.31. The minimum Gasteiger partial charge on any atom is -0.478 e. The normalized spacial score (nSPS) is 12.4. The summed E-state index contributed by atoms with van der Waals surface area (Å²) in [5, 5.41) is 17.4. The molecule has 9 nitrogen and oxygen atoms in total. The van der Waals surface area contributed by atoms with E-state index in [1.54, 1.807) is 19.2 Å². The van der Waals surface area contributed by atoms with Crippen LogP contribution in [0.5, 0.6) is 0 Å². The fourth-order valence-electron chi connectivity index (χ4n) is 2.77. The number of H-pyrrole nitrogens is 1. The highest BCUT2D eigenvalue weighted by Gasteiger charge is 2.17. The highest BCUT2D eigenvalue weighted by Crippen LogP contribution is 2.27. The van der Waals surface area contributed by atoms with Gasteiger partial charge < -0.3 is 5.11 Å². The number of hydrogen-bond acceptors (Lipinski definition) is 5. The molecule has 142 valence electrons. The van der Waals surface area contributed by atoms with E-state index in [0.29, 0.717) is 5.56 Å². The first-order chi connectivity index (χ1) is 13.3. The first-order valence-corrected chi connectivity index (χ1v) is 8.44. The van der Waals surface area contributed by atoms with Gasteiger partial charge in [-0.05, 0) is 24.6 Å². The van der Waals surface area contributed by atoms with Crippen LogP contribution in [0.1, 0.15) is 28.9 Å².